The Morgan fingerprint density at radius 3 is 2.70 bits per heavy atom. The fraction of sp³-hybridized carbons (Fsp3) is 0.571. The Labute approximate surface area is 125 Å². The van der Waals surface area contributed by atoms with Crippen LogP contribution in [0.15, 0.2) is 16.6 Å². The second kappa shape index (κ2) is 7.45. The van der Waals surface area contributed by atoms with Crippen molar-refractivity contribution >= 4 is 15.9 Å². The van der Waals surface area contributed by atoms with Gasteiger partial charge >= 0.3 is 0 Å². The number of ether oxygens (including phenoxy) is 2. The Hall–Kier alpha value is -0.560. The van der Waals surface area contributed by atoms with E-state index in [-0.39, 0.29) is 10.0 Å². The van der Waals surface area contributed by atoms with Gasteiger partial charge in [-0.15, -0.1) is 0 Å². The zero-order chi connectivity index (χ0) is 14.5. The molecule has 3 nitrogen and oxygen atoms in total. The van der Waals surface area contributed by atoms with Crippen molar-refractivity contribution in [2.24, 2.45) is 0 Å². The number of halogens is 3. The highest BCUT2D eigenvalue weighted by Crippen LogP contribution is 2.30. The van der Waals surface area contributed by atoms with Gasteiger partial charge in [-0.05, 0) is 41.0 Å². The summed E-state index contributed by atoms with van der Waals surface area (Å²) >= 11 is 3.10. The van der Waals surface area contributed by atoms with Gasteiger partial charge < -0.3 is 14.8 Å². The predicted octanol–water partition coefficient (Wildman–Crippen LogP) is 3.53. The van der Waals surface area contributed by atoms with Gasteiger partial charge in [0.15, 0.2) is 6.29 Å². The van der Waals surface area contributed by atoms with Crippen LogP contribution in [0.3, 0.4) is 0 Å². The minimum absolute atomic E-state index is 0.0342. The lowest BCUT2D eigenvalue weighted by Gasteiger charge is -2.23. The molecule has 0 amide bonds. The smallest absolute Gasteiger partial charge is 0.159 e. The van der Waals surface area contributed by atoms with Gasteiger partial charge in [0, 0.05) is 18.0 Å². The van der Waals surface area contributed by atoms with E-state index in [0.717, 1.165) is 6.42 Å². The van der Waals surface area contributed by atoms with Crippen LogP contribution in [-0.4, -0.2) is 26.0 Å². The van der Waals surface area contributed by atoms with Crippen LogP contribution >= 0.6 is 15.9 Å². The third-order valence-electron chi connectivity index (χ3n) is 3.19. The molecule has 2 rings (SSSR count). The standard InChI is InChI=1S/C14H18BrF2NO2/c1-2-5-18-11(8-12-19-6-7-20-12)13-10(16)4-3-9(15)14(13)17/h3-4,11-12,18H,2,5-8H2,1H3. The predicted molar refractivity (Wildman–Crippen MR) is 75.4 cm³/mol. The molecule has 1 saturated heterocycles. The summed E-state index contributed by atoms with van der Waals surface area (Å²) in [7, 11) is 0. The third kappa shape index (κ3) is 3.75. The molecule has 1 aliphatic heterocycles. The second-order valence-corrected chi connectivity index (χ2v) is 5.52. The molecule has 1 unspecified atom stereocenters. The van der Waals surface area contributed by atoms with E-state index in [9.17, 15) is 8.78 Å². The monoisotopic (exact) mass is 349 g/mol. The number of rotatable bonds is 6. The fourth-order valence-electron chi connectivity index (χ4n) is 2.22. The largest absolute Gasteiger partial charge is 0.350 e. The molecule has 0 radical (unpaired) electrons. The molecule has 0 bridgehead atoms. The molecular weight excluding hydrogens is 332 g/mol. The summed E-state index contributed by atoms with van der Waals surface area (Å²) in [5.74, 6) is -1.13. The minimum atomic E-state index is -0.573. The zero-order valence-corrected chi connectivity index (χ0v) is 12.9. The van der Waals surface area contributed by atoms with Crippen molar-refractivity contribution < 1.29 is 18.3 Å². The maximum Gasteiger partial charge on any atom is 0.159 e. The van der Waals surface area contributed by atoms with E-state index in [4.69, 9.17) is 9.47 Å². The maximum atomic E-state index is 14.2. The SMILES string of the molecule is CCCNC(CC1OCCO1)c1c(F)ccc(Br)c1F. The van der Waals surface area contributed by atoms with E-state index in [1.807, 2.05) is 6.92 Å². The van der Waals surface area contributed by atoms with Gasteiger partial charge in [-0.1, -0.05) is 6.92 Å². The lowest BCUT2D eigenvalue weighted by Crippen LogP contribution is -2.28. The highest BCUT2D eigenvalue weighted by Gasteiger charge is 2.27. The molecule has 0 aromatic heterocycles. The Bertz CT molecular complexity index is 453. The van der Waals surface area contributed by atoms with Gasteiger partial charge in [0.2, 0.25) is 0 Å². The van der Waals surface area contributed by atoms with Gasteiger partial charge in [0.05, 0.1) is 17.7 Å². The van der Waals surface area contributed by atoms with Crippen LogP contribution in [-0.2, 0) is 9.47 Å². The van der Waals surface area contributed by atoms with Crippen LogP contribution in [0.2, 0.25) is 0 Å². The summed E-state index contributed by atoms with van der Waals surface area (Å²) in [5, 5.41) is 3.16. The summed E-state index contributed by atoms with van der Waals surface area (Å²) < 4.78 is 39.2. The molecule has 1 N–H and O–H groups in total. The highest BCUT2D eigenvalue weighted by molar-refractivity contribution is 9.10. The zero-order valence-electron chi connectivity index (χ0n) is 11.3. The van der Waals surface area contributed by atoms with Crippen LogP contribution in [0, 0.1) is 11.6 Å². The van der Waals surface area contributed by atoms with Crippen molar-refractivity contribution in [2.75, 3.05) is 19.8 Å². The topological polar surface area (TPSA) is 30.5 Å². The Morgan fingerprint density at radius 1 is 1.35 bits per heavy atom. The fourth-order valence-corrected chi connectivity index (χ4v) is 2.57. The molecule has 0 saturated carbocycles. The highest BCUT2D eigenvalue weighted by atomic mass is 79.9. The van der Waals surface area contributed by atoms with Crippen molar-refractivity contribution in [1.29, 1.82) is 0 Å². The molecule has 0 aliphatic carbocycles. The Morgan fingerprint density at radius 2 is 2.05 bits per heavy atom. The van der Waals surface area contributed by atoms with Gasteiger partial charge in [-0.2, -0.15) is 0 Å². The Balaban J connectivity index is 2.22. The van der Waals surface area contributed by atoms with E-state index in [1.54, 1.807) is 0 Å². The molecule has 112 valence electrons. The van der Waals surface area contributed by atoms with Gasteiger partial charge in [0.25, 0.3) is 0 Å². The molecule has 1 aromatic carbocycles. The number of hydrogen-bond acceptors (Lipinski definition) is 3. The van der Waals surface area contributed by atoms with Crippen LogP contribution in [0.5, 0.6) is 0 Å². The third-order valence-corrected chi connectivity index (χ3v) is 3.80. The van der Waals surface area contributed by atoms with E-state index in [2.05, 4.69) is 21.2 Å². The van der Waals surface area contributed by atoms with Crippen molar-refractivity contribution in [3.05, 3.63) is 33.8 Å². The summed E-state index contributed by atoms with van der Waals surface area (Å²) in [6, 6.07) is 2.16. The normalized spacial score (nSPS) is 17.6. The summed E-state index contributed by atoms with van der Waals surface area (Å²) in [6.45, 7) is 3.71. The average Bonchev–Trinajstić information content (AvgIpc) is 2.93. The lowest BCUT2D eigenvalue weighted by atomic mass is 10.0. The molecule has 20 heavy (non-hydrogen) atoms. The minimum Gasteiger partial charge on any atom is -0.350 e. The first-order chi connectivity index (χ1) is 9.63. The van der Waals surface area contributed by atoms with E-state index in [1.165, 1.54) is 12.1 Å². The molecule has 1 fully saturated rings. The van der Waals surface area contributed by atoms with E-state index < -0.39 is 24.0 Å². The molecule has 1 atom stereocenters. The molecule has 1 heterocycles. The molecule has 0 spiro atoms. The Kier molecular flexibility index (Phi) is 5.89. The molecule has 6 heteroatoms. The van der Waals surface area contributed by atoms with E-state index in [0.29, 0.717) is 26.2 Å². The van der Waals surface area contributed by atoms with Gasteiger partial charge in [0.1, 0.15) is 11.6 Å². The lowest BCUT2D eigenvalue weighted by molar-refractivity contribution is -0.0533. The molecule has 1 aromatic rings. The summed E-state index contributed by atoms with van der Waals surface area (Å²) in [5.41, 5.74) is 0.0342. The summed E-state index contributed by atoms with van der Waals surface area (Å²) in [4.78, 5) is 0. The second-order valence-electron chi connectivity index (χ2n) is 4.67. The van der Waals surface area contributed by atoms with Crippen molar-refractivity contribution in [3.8, 4) is 0 Å². The summed E-state index contributed by atoms with van der Waals surface area (Å²) in [6.07, 6.45) is 0.840. The first-order valence-corrected chi connectivity index (χ1v) is 7.52. The van der Waals surface area contributed by atoms with Crippen LogP contribution < -0.4 is 5.32 Å². The molecular formula is C14H18BrF2NO2. The first kappa shape index (κ1) is 15.8. The maximum absolute atomic E-state index is 14.2. The van der Waals surface area contributed by atoms with Crippen molar-refractivity contribution in [2.45, 2.75) is 32.1 Å². The van der Waals surface area contributed by atoms with E-state index >= 15 is 0 Å². The van der Waals surface area contributed by atoms with Crippen molar-refractivity contribution in [1.82, 2.24) is 5.32 Å². The number of hydrogen-bond donors (Lipinski definition) is 1. The van der Waals surface area contributed by atoms with Gasteiger partial charge in [-0.3, -0.25) is 0 Å². The molecule has 1 aliphatic rings. The number of benzene rings is 1. The van der Waals surface area contributed by atoms with Crippen molar-refractivity contribution in [3.63, 3.8) is 0 Å². The van der Waals surface area contributed by atoms with Gasteiger partial charge in [-0.25, -0.2) is 8.78 Å². The average molecular weight is 350 g/mol. The van der Waals surface area contributed by atoms with Crippen LogP contribution in [0.1, 0.15) is 31.4 Å². The first-order valence-electron chi connectivity index (χ1n) is 6.73. The number of nitrogens with one attached hydrogen (secondary N) is 1. The quantitative estimate of drug-likeness (QED) is 0.797. The van der Waals surface area contributed by atoms with Crippen LogP contribution in [0.25, 0.3) is 0 Å². The van der Waals surface area contributed by atoms with Crippen LogP contribution in [0.4, 0.5) is 8.78 Å².